The molecule has 45 heavy (non-hydrogen) atoms. The lowest BCUT2D eigenvalue weighted by atomic mass is 9.96. The third-order valence-electron chi connectivity index (χ3n) is 8.92. The second-order valence-corrected chi connectivity index (χ2v) is 11.6. The Hall–Kier alpha value is -6.06. The number of nitrogens with zero attached hydrogens (tertiary/aromatic N) is 3. The molecule has 210 valence electrons. The van der Waals surface area contributed by atoms with Crippen LogP contribution < -0.4 is 0 Å². The summed E-state index contributed by atoms with van der Waals surface area (Å²) < 4.78 is 2.42. The van der Waals surface area contributed by atoms with Crippen LogP contribution in [0.25, 0.3) is 82.4 Å². The zero-order valence-corrected chi connectivity index (χ0v) is 24.4. The van der Waals surface area contributed by atoms with E-state index in [2.05, 4.69) is 142 Å². The minimum Gasteiger partial charge on any atom is -0.309 e. The summed E-state index contributed by atoms with van der Waals surface area (Å²) in [5.74, 6) is 0. The van der Waals surface area contributed by atoms with Crippen molar-refractivity contribution in [1.29, 1.82) is 0 Å². The summed E-state index contributed by atoms with van der Waals surface area (Å²) in [5, 5.41) is 7.40. The summed E-state index contributed by atoms with van der Waals surface area (Å²) in [7, 11) is 0. The summed E-state index contributed by atoms with van der Waals surface area (Å²) >= 11 is 0. The molecule has 0 amide bonds. The van der Waals surface area contributed by atoms with E-state index in [1.807, 2.05) is 36.9 Å². The Labute approximate surface area is 260 Å². The van der Waals surface area contributed by atoms with Crippen LogP contribution in [0.3, 0.4) is 0 Å². The van der Waals surface area contributed by atoms with E-state index in [-0.39, 0.29) is 0 Å². The van der Waals surface area contributed by atoms with Gasteiger partial charge >= 0.3 is 0 Å². The van der Waals surface area contributed by atoms with Gasteiger partial charge in [0.05, 0.1) is 11.0 Å². The minimum absolute atomic E-state index is 1.11. The van der Waals surface area contributed by atoms with Gasteiger partial charge in [0.25, 0.3) is 0 Å². The van der Waals surface area contributed by atoms with Crippen LogP contribution in [-0.2, 0) is 0 Å². The molecule has 3 nitrogen and oxygen atoms in total. The van der Waals surface area contributed by atoms with Gasteiger partial charge in [-0.25, -0.2) is 0 Å². The SMILES string of the molecule is c1ccc(-n2c3cc(-c4cccnc4)ccc3c3ccc4cc(-c5ccc6cc(-c7cccnc7)ccc6c5)ccc4c32)cc1. The Kier molecular flexibility index (Phi) is 5.82. The number of fused-ring (bicyclic) bond motifs is 6. The lowest BCUT2D eigenvalue weighted by Crippen LogP contribution is -1.94. The van der Waals surface area contributed by atoms with Crippen molar-refractivity contribution in [1.82, 2.24) is 14.5 Å². The van der Waals surface area contributed by atoms with Crippen molar-refractivity contribution in [3.05, 3.63) is 164 Å². The van der Waals surface area contributed by atoms with Crippen molar-refractivity contribution >= 4 is 43.4 Å². The van der Waals surface area contributed by atoms with Crippen LogP contribution in [0.2, 0.25) is 0 Å². The molecular weight excluding hydrogens is 546 g/mol. The molecule has 0 aliphatic carbocycles. The van der Waals surface area contributed by atoms with Gasteiger partial charge in [-0.15, -0.1) is 0 Å². The van der Waals surface area contributed by atoms with Crippen molar-refractivity contribution in [3.8, 4) is 39.1 Å². The molecule has 0 saturated heterocycles. The topological polar surface area (TPSA) is 30.7 Å². The fourth-order valence-corrected chi connectivity index (χ4v) is 6.71. The first-order valence-corrected chi connectivity index (χ1v) is 15.2. The fraction of sp³-hybridized carbons (Fsp3) is 0. The van der Waals surface area contributed by atoms with Gasteiger partial charge in [-0.3, -0.25) is 9.97 Å². The predicted octanol–water partition coefficient (Wildman–Crippen LogP) is 10.9. The molecule has 9 aromatic rings. The van der Waals surface area contributed by atoms with E-state index in [0.29, 0.717) is 0 Å². The molecule has 0 unspecified atom stereocenters. The summed E-state index contributed by atoms with van der Waals surface area (Å²) in [4.78, 5) is 8.65. The number of pyridine rings is 2. The Bertz CT molecular complexity index is 2510. The number of rotatable bonds is 4. The first kappa shape index (κ1) is 25.4. The maximum atomic E-state index is 4.36. The van der Waals surface area contributed by atoms with Gasteiger partial charge in [0.2, 0.25) is 0 Å². The maximum absolute atomic E-state index is 4.36. The smallest absolute Gasteiger partial charge is 0.0619 e. The highest BCUT2D eigenvalue weighted by Crippen LogP contribution is 2.39. The van der Waals surface area contributed by atoms with Gasteiger partial charge in [0.1, 0.15) is 0 Å². The van der Waals surface area contributed by atoms with Crippen molar-refractivity contribution in [3.63, 3.8) is 0 Å². The molecule has 0 spiro atoms. The molecule has 3 heterocycles. The lowest BCUT2D eigenvalue weighted by molar-refractivity contribution is 1.19. The van der Waals surface area contributed by atoms with Gasteiger partial charge in [-0.1, -0.05) is 91.0 Å². The summed E-state index contributed by atoms with van der Waals surface area (Å²) in [6.45, 7) is 0. The molecule has 9 rings (SSSR count). The normalized spacial score (nSPS) is 11.6. The van der Waals surface area contributed by atoms with Crippen LogP contribution in [0.4, 0.5) is 0 Å². The number of hydrogen-bond acceptors (Lipinski definition) is 2. The molecule has 0 fully saturated rings. The van der Waals surface area contributed by atoms with Crippen LogP contribution in [0, 0.1) is 0 Å². The lowest BCUT2D eigenvalue weighted by Gasteiger charge is -2.12. The van der Waals surface area contributed by atoms with Crippen LogP contribution in [0.1, 0.15) is 0 Å². The summed E-state index contributed by atoms with van der Waals surface area (Å²) in [6, 6.07) is 50.5. The first-order chi connectivity index (χ1) is 22.3. The quantitative estimate of drug-likeness (QED) is 0.210. The van der Waals surface area contributed by atoms with Gasteiger partial charge < -0.3 is 4.57 Å². The molecule has 0 atom stereocenters. The van der Waals surface area contributed by atoms with E-state index in [9.17, 15) is 0 Å². The van der Waals surface area contributed by atoms with E-state index in [4.69, 9.17) is 0 Å². The van der Waals surface area contributed by atoms with Crippen molar-refractivity contribution in [2.24, 2.45) is 0 Å². The number of aromatic nitrogens is 3. The molecule has 6 aromatic carbocycles. The Morgan fingerprint density at radius 1 is 0.378 bits per heavy atom. The zero-order valence-electron chi connectivity index (χ0n) is 24.4. The average Bonchev–Trinajstić information content (AvgIpc) is 3.46. The maximum Gasteiger partial charge on any atom is 0.0619 e. The molecule has 0 aliphatic heterocycles. The number of hydrogen-bond donors (Lipinski definition) is 0. The third-order valence-corrected chi connectivity index (χ3v) is 8.92. The van der Waals surface area contributed by atoms with Crippen LogP contribution in [0.15, 0.2) is 164 Å². The van der Waals surface area contributed by atoms with Crippen LogP contribution in [-0.4, -0.2) is 14.5 Å². The fourth-order valence-electron chi connectivity index (χ4n) is 6.71. The summed E-state index contributed by atoms with van der Waals surface area (Å²) in [6.07, 6.45) is 7.48. The predicted molar refractivity (Wildman–Crippen MR) is 188 cm³/mol. The molecule has 0 bridgehead atoms. The number of benzene rings is 6. The standard InChI is InChI=1S/C42H27N3/c1-2-8-37(9-3-1)45-41-25-33(36-7-5-21-44-27-36)15-18-39(41)40-19-16-34-24-31(14-17-38(34)42(40)45)29-10-11-30-23-32(13-12-28(30)22-29)35-6-4-20-43-26-35/h1-27H. The highest BCUT2D eigenvalue weighted by Gasteiger charge is 2.16. The largest absolute Gasteiger partial charge is 0.309 e. The Morgan fingerprint density at radius 3 is 1.56 bits per heavy atom. The van der Waals surface area contributed by atoms with E-state index < -0.39 is 0 Å². The number of para-hydroxylation sites is 1. The Morgan fingerprint density at radius 2 is 0.911 bits per heavy atom. The molecule has 3 aromatic heterocycles. The van der Waals surface area contributed by atoms with E-state index in [0.717, 1.165) is 22.4 Å². The molecule has 0 radical (unpaired) electrons. The van der Waals surface area contributed by atoms with Crippen molar-refractivity contribution in [2.45, 2.75) is 0 Å². The third kappa shape index (κ3) is 4.29. The van der Waals surface area contributed by atoms with Gasteiger partial charge in [-0.2, -0.15) is 0 Å². The molecule has 3 heteroatoms. The van der Waals surface area contributed by atoms with Crippen LogP contribution >= 0.6 is 0 Å². The van der Waals surface area contributed by atoms with E-state index in [1.54, 1.807) is 0 Å². The second-order valence-electron chi connectivity index (χ2n) is 11.6. The van der Waals surface area contributed by atoms with E-state index >= 15 is 0 Å². The minimum atomic E-state index is 1.11. The first-order valence-electron chi connectivity index (χ1n) is 15.2. The molecule has 0 N–H and O–H groups in total. The highest BCUT2D eigenvalue weighted by molar-refractivity contribution is 6.19. The van der Waals surface area contributed by atoms with Crippen molar-refractivity contribution in [2.75, 3.05) is 0 Å². The zero-order chi connectivity index (χ0) is 29.7. The van der Waals surface area contributed by atoms with Gasteiger partial charge in [-0.05, 0) is 86.9 Å². The second kappa shape index (κ2) is 10.3. The van der Waals surface area contributed by atoms with Gasteiger partial charge in [0, 0.05) is 57.8 Å². The average molecular weight is 574 g/mol. The summed E-state index contributed by atoms with van der Waals surface area (Å²) in [5.41, 5.74) is 10.6. The molecule has 0 aliphatic rings. The molecular formula is C42H27N3. The van der Waals surface area contributed by atoms with Crippen molar-refractivity contribution < 1.29 is 0 Å². The highest BCUT2D eigenvalue weighted by atomic mass is 15.0. The monoisotopic (exact) mass is 573 g/mol. The van der Waals surface area contributed by atoms with Gasteiger partial charge in [0.15, 0.2) is 0 Å². The molecule has 0 saturated carbocycles. The van der Waals surface area contributed by atoms with Crippen LogP contribution in [0.5, 0.6) is 0 Å². The van der Waals surface area contributed by atoms with E-state index in [1.165, 1.54) is 60.0 Å². The Balaban J connectivity index is 1.21.